The quantitative estimate of drug-likeness (QED) is 0.904. The number of anilines is 1. The molecule has 2 fully saturated rings. The number of amides is 1. The lowest BCUT2D eigenvalue weighted by Crippen LogP contribution is -2.13. The summed E-state index contributed by atoms with van der Waals surface area (Å²) in [5, 5.41) is 6.49. The van der Waals surface area contributed by atoms with Crippen LogP contribution in [0, 0.1) is 6.92 Å². The summed E-state index contributed by atoms with van der Waals surface area (Å²) in [4.78, 5) is 12.7. The Balaban J connectivity index is 1.54. The van der Waals surface area contributed by atoms with E-state index in [2.05, 4.69) is 40.4 Å². The average Bonchev–Trinajstić information content (AvgIpc) is 3.17. The van der Waals surface area contributed by atoms with Gasteiger partial charge in [0.1, 0.15) is 0 Å². The molecule has 24 heavy (non-hydrogen) atoms. The van der Waals surface area contributed by atoms with Gasteiger partial charge in [0.05, 0.1) is 5.56 Å². The summed E-state index contributed by atoms with van der Waals surface area (Å²) in [6.45, 7) is 4.13. The van der Waals surface area contributed by atoms with Crippen molar-refractivity contribution in [1.29, 1.82) is 0 Å². The molecule has 2 N–H and O–H groups in total. The fourth-order valence-electron chi connectivity index (χ4n) is 3.73. The first-order chi connectivity index (χ1) is 11.6. The van der Waals surface area contributed by atoms with E-state index in [-0.39, 0.29) is 5.91 Å². The Morgan fingerprint density at radius 2 is 2.04 bits per heavy atom. The molecule has 1 aliphatic heterocycles. The van der Waals surface area contributed by atoms with Gasteiger partial charge in [-0.05, 0) is 68.3 Å². The Morgan fingerprint density at radius 1 is 1.21 bits per heavy atom. The van der Waals surface area contributed by atoms with Crippen molar-refractivity contribution in [1.82, 2.24) is 9.88 Å². The normalized spacial score (nSPS) is 20.3. The third kappa shape index (κ3) is 2.86. The molecule has 4 nitrogen and oxygen atoms in total. The molecule has 1 atom stereocenters. The van der Waals surface area contributed by atoms with Crippen LogP contribution in [0.2, 0.25) is 0 Å². The molecule has 126 valence electrons. The number of hydrogen-bond acceptors (Lipinski definition) is 2. The lowest BCUT2D eigenvalue weighted by molar-refractivity contribution is 0.102. The van der Waals surface area contributed by atoms with E-state index in [0.717, 1.165) is 30.0 Å². The van der Waals surface area contributed by atoms with Crippen LogP contribution in [0.3, 0.4) is 0 Å². The highest BCUT2D eigenvalue weighted by atomic mass is 16.1. The number of hydrogen-bond donors (Lipinski definition) is 2. The lowest BCUT2D eigenvalue weighted by atomic mass is 9.98. The lowest BCUT2D eigenvalue weighted by Gasteiger charge is -2.11. The number of carbonyl (C=O) groups excluding carboxylic acids is 1. The van der Waals surface area contributed by atoms with Crippen molar-refractivity contribution >= 4 is 11.6 Å². The molecule has 2 aromatic rings. The summed E-state index contributed by atoms with van der Waals surface area (Å²) in [5.74, 6) is 1.20. The Kier molecular flexibility index (Phi) is 3.93. The molecular weight excluding hydrogens is 298 g/mol. The van der Waals surface area contributed by atoms with Crippen molar-refractivity contribution in [3.8, 4) is 0 Å². The Labute approximate surface area is 143 Å². The zero-order valence-corrected chi connectivity index (χ0v) is 14.4. The number of carbonyl (C=O) groups is 1. The van der Waals surface area contributed by atoms with Gasteiger partial charge in [0.25, 0.3) is 5.91 Å². The third-order valence-electron chi connectivity index (χ3n) is 5.49. The topological polar surface area (TPSA) is 46.1 Å². The van der Waals surface area contributed by atoms with Gasteiger partial charge < -0.3 is 15.2 Å². The van der Waals surface area contributed by atoms with Crippen LogP contribution in [0.25, 0.3) is 0 Å². The predicted molar refractivity (Wildman–Crippen MR) is 96.7 cm³/mol. The summed E-state index contributed by atoms with van der Waals surface area (Å²) in [7, 11) is 2.06. The molecule has 1 saturated carbocycles. The molecule has 0 radical (unpaired) electrons. The summed E-state index contributed by atoms with van der Waals surface area (Å²) >= 11 is 0. The summed E-state index contributed by atoms with van der Waals surface area (Å²) < 4.78 is 2.17. The van der Waals surface area contributed by atoms with E-state index in [1.807, 2.05) is 19.1 Å². The molecule has 1 aromatic heterocycles. The van der Waals surface area contributed by atoms with Crippen LogP contribution in [-0.2, 0) is 7.05 Å². The van der Waals surface area contributed by atoms with Crippen LogP contribution in [0.15, 0.2) is 30.3 Å². The van der Waals surface area contributed by atoms with Crippen LogP contribution in [-0.4, -0.2) is 23.6 Å². The zero-order valence-electron chi connectivity index (χ0n) is 14.4. The van der Waals surface area contributed by atoms with Gasteiger partial charge in [0.2, 0.25) is 0 Å². The van der Waals surface area contributed by atoms with Crippen LogP contribution >= 0.6 is 0 Å². The van der Waals surface area contributed by atoms with Gasteiger partial charge in [0, 0.05) is 30.7 Å². The monoisotopic (exact) mass is 323 g/mol. The van der Waals surface area contributed by atoms with Crippen LogP contribution in [0.4, 0.5) is 5.69 Å². The maximum atomic E-state index is 12.7. The SMILES string of the molecule is Cc1c(C(=O)Nc2cccc([C@H]3CCNC3)c2)cc(C2CC2)n1C. The predicted octanol–water partition coefficient (Wildman–Crippen LogP) is 3.54. The minimum atomic E-state index is -0.00306. The first-order valence-electron chi connectivity index (χ1n) is 8.91. The van der Waals surface area contributed by atoms with Gasteiger partial charge in [-0.2, -0.15) is 0 Å². The van der Waals surface area contributed by atoms with E-state index in [4.69, 9.17) is 0 Å². The number of benzene rings is 1. The third-order valence-corrected chi connectivity index (χ3v) is 5.49. The first kappa shape index (κ1) is 15.5. The fraction of sp³-hybridized carbons (Fsp3) is 0.450. The largest absolute Gasteiger partial charge is 0.351 e. The number of nitrogens with one attached hydrogen (secondary N) is 2. The van der Waals surface area contributed by atoms with Crippen LogP contribution in [0.5, 0.6) is 0 Å². The smallest absolute Gasteiger partial charge is 0.257 e. The van der Waals surface area contributed by atoms with Gasteiger partial charge in [-0.3, -0.25) is 4.79 Å². The highest BCUT2D eigenvalue weighted by Crippen LogP contribution is 2.41. The van der Waals surface area contributed by atoms with Gasteiger partial charge in [-0.15, -0.1) is 0 Å². The molecule has 0 unspecified atom stereocenters. The Hall–Kier alpha value is -2.07. The molecule has 0 spiro atoms. The standard InChI is InChI=1S/C20H25N3O/c1-13-18(11-19(23(13)2)14-6-7-14)20(24)22-17-5-3-4-15(10-17)16-8-9-21-12-16/h3-5,10-11,14,16,21H,6-9,12H2,1-2H3,(H,22,24)/t16-/m0/s1. The second-order valence-corrected chi connectivity index (χ2v) is 7.17. The first-order valence-corrected chi connectivity index (χ1v) is 8.91. The minimum Gasteiger partial charge on any atom is -0.351 e. The Morgan fingerprint density at radius 3 is 2.75 bits per heavy atom. The van der Waals surface area contributed by atoms with Crippen molar-refractivity contribution in [3.63, 3.8) is 0 Å². The molecule has 2 aliphatic rings. The summed E-state index contributed by atoms with van der Waals surface area (Å²) in [6.07, 6.45) is 3.66. The fourth-order valence-corrected chi connectivity index (χ4v) is 3.73. The summed E-state index contributed by atoms with van der Waals surface area (Å²) in [6, 6.07) is 10.4. The molecule has 4 heteroatoms. The van der Waals surface area contributed by atoms with Gasteiger partial charge in [-0.25, -0.2) is 0 Å². The van der Waals surface area contributed by atoms with Crippen LogP contribution in [0.1, 0.15) is 58.4 Å². The van der Waals surface area contributed by atoms with Crippen molar-refractivity contribution in [2.45, 2.75) is 38.0 Å². The van der Waals surface area contributed by atoms with E-state index in [9.17, 15) is 4.79 Å². The molecular formula is C20H25N3O. The van der Waals surface area contributed by atoms with Crippen molar-refractivity contribution in [2.75, 3.05) is 18.4 Å². The van der Waals surface area contributed by atoms with Gasteiger partial charge in [0.15, 0.2) is 0 Å². The number of rotatable bonds is 4. The maximum Gasteiger partial charge on any atom is 0.257 e. The van der Waals surface area contributed by atoms with Gasteiger partial charge in [-0.1, -0.05) is 12.1 Å². The van der Waals surface area contributed by atoms with Crippen molar-refractivity contribution < 1.29 is 4.79 Å². The summed E-state index contributed by atoms with van der Waals surface area (Å²) in [5.41, 5.74) is 5.34. The molecule has 1 aliphatic carbocycles. The van der Waals surface area contributed by atoms with Crippen LogP contribution < -0.4 is 10.6 Å². The highest BCUT2D eigenvalue weighted by molar-refractivity contribution is 6.05. The van der Waals surface area contributed by atoms with E-state index >= 15 is 0 Å². The van der Waals surface area contributed by atoms with E-state index in [0.29, 0.717) is 11.8 Å². The van der Waals surface area contributed by atoms with E-state index < -0.39 is 0 Å². The zero-order chi connectivity index (χ0) is 16.7. The molecule has 2 heterocycles. The molecule has 1 amide bonds. The second-order valence-electron chi connectivity index (χ2n) is 7.17. The molecule has 1 saturated heterocycles. The van der Waals surface area contributed by atoms with Crippen molar-refractivity contribution in [3.05, 3.63) is 52.8 Å². The van der Waals surface area contributed by atoms with E-state index in [1.165, 1.54) is 30.5 Å². The average molecular weight is 323 g/mol. The highest BCUT2D eigenvalue weighted by Gasteiger charge is 2.29. The molecule has 0 bridgehead atoms. The molecule has 1 aromatic carbocycles. The minimum absolute atomic E-state index is 0.00306. The Bertz CT molecular complexity index is 767. The van der Waals surface area contributed by atoms with Crippen molar-refractivity contribution in [2.24, 2.45) is 7.05 Å². The number of nitrogens with zero attached hydrogens (tertiary/aromatic N) is 1. The van der Waals surface area contributed by atoms with Gasteiger partial charge >= 0.3 is 0 Å². The second kappa shape index (κ2) is 6.10. The maximum absolute atomic E-state index is 12.7. The number of aromatic nitrogens is 1. The van der Waals surface area contributed by atoms with E-state index in [1.54, 1.807) is 0 Å². The molecule has 4 rings (SSSR count).